The Bertz CT molecular complexity index is 172. The van der Waals surface area contributed by atoms with Crippen LogP contribution in [0.15, 0.2) is 12.2 Å². The van der Waals surface area contributed by atoms with E-state index in [0.29, 0.717) is 18.1 Å². The summed E-state index contributed by atoms with van der Waals surface area (Å²) >= 11 is 0. The van der Waals surface area contributed by atoms with Crippen LogP contribution in [0, 0.1) is 11.8 Å². The van der Waals surface area contributed by atoms with Gasteiger partial charge in [0.25, 0.3) is 0 Å². The topological polar surface area (TPSA) is 26.3 Å². The molecule has 2 heteroatoms. The molecule has 1 aliphatic heterocycles. The van der Waals surface area contributed by atoms with Gasteiger partial charge in [-0.2, -0.15) is 0 Å². The third-order valence-electron chi connectivity index (χ3n) is 2.14. The molecule has 0 radical (unpaired) electrons. The summed E-state index contributed by atoms with van der Waals surface area (Å²) in [6, 6.07) is 0. The van der Waals surface area contributed by atoms with Crippen LogP contribution in [-0.4, -0.2) is 12.6 Å². The van der Waals surface area contributed by atoms with E-state index in [4.69, 9.17) is 4.74 Å². The lowest BCUT2D eigenvalue weighted by Crippen LogP contribution is -2.29. The molecule has 56 valence electrons. The van der Waals surface area contributed by atoms with Crippen LogP contribution in [0.2, 0.25) is 0 Å². The van der Waals surface area contributed by atoms with Gasteiger partial charge in [-0.1, -0.05) is 20.4 Å². The van der Waals surface area contributed by atoms with E-state index in [1.54, 1.807) is 0 Å². The Kier molecular flexibility index (Phi) is 1.79. The summed E-state index contributed by atoms with van der Waals surface area (Å²) in [6.45, 7) is 8.26. The Balaban J connectivity index is 2.70. The van der Waals surface area contributed by atoms with Gasteiger partial charge in [0.1, 0.15) is 0 Å². The van der Waals surface area contributed by atoms with Crippen LogP contribution in [0.4, 0.5) is 0 Å². The molecule has 0 aromatic carbocycles. The number of hydrogen-bond acceptors (Lipinski definition) is 2. The summed E-state index contributed by atoms with van der Waals surface area (Å²) in [5, 5.41) is 0. The molecule has 0 spiro atoms. The first kappa shape index (κ1) is 7.32. The van der Waals surface area contributed by atoms with Gasteiger partial charge in [-0.15, -0.1) is 0 Å². The number of rotatable bonds is 0. The molecule has 0 aliphatic carbocycles. The zero-order chi connectivity index (χ0) is 7.72. The molecule has 1 rings (SSSR count). The summed E-state index contributed by atoms with van der Waals surface area (Å²) < 4.78 is 4.83. The second kappa shape index (κ2) is 2.45. The highest BCUT2D eigenvalue weighted by Crippen LogP contribution is 2.24. The van der Waals surface area contributed by atoms with E-state index >= 15 is 0 Å². The summed E-state index contributed by atoms with van der Waals surface area (Å²) in [7, 11) is 0. The number of ether oxygens (including phenoxy) is 1. The van der Waals surface area contributed by atoms with Crippen molar-refractivity contribution in [1.29, 1.82) is 0 Å². The Labute approximate surface area is 60.9 Å². The van der Waals surface area contributed by atoms with Crippen LogP contribution < -0.4 is 0 Å². The summed E-state index contributed by atoms with van der Waals surface area (Å²) in [5.41, 5.74) is 0.610. The smallest absolute Gasteiger partial charge is 0.333 e. The minimum Gasteiger partial charge on any atom is -0.462 e. The molecule has 2 nitrogen and oxygen atoms in total. The Morgan fingerprint density at radius 1 is 1.60 bits per heavy atom. The maximum Gasteiger partial charge on any atom is 0.333 e. The standard InChI is InChI=1S/C8H12O2/c1-5-4-10-8(9)7(3)6(5)2/h5-6H,3-4H2,1-2H3. The minimum absolute atomic E-state index is 0.231. The molecule has 2 atom stereocenters. The number of carbonyl (C=O) groups is 1. The molecule has 0 aromatic rings. The van der Waals surface area contributed by atoms with Crippen molar-refractivity contribution < 1.29 is 9.53 Å². The molecule has 1 fully saturated rings. The van der Waals surface area contributed by atoms with Gasteiger partial charge in [-0.25, -0.2) is 4.79 Å². The average molecular weight is 140 g/mol. The zero-order valence-corrected chi connectivity index (χ0v) is 6.39. The van der Waals surface area contributed by atoms with Gasteiger partial charge >= 0.3 is 5.97 Å². The fourth-order valence-electron chi connectivity index (χ4n) is 0.974. The lowest BCUT2D eigenvalue weighted by Gasteiger charge is -2.26. The van der Waals surface area contributed by atoms with Crippen molar-refractivity contribution >= 4 is 5.97 Å². The number of cyclic esters (lactones) is 1. The maximum atomic E-state index is 10.8. The van der Waals surface area contributed by atoms with Crippen LogP contribution in [0.25, 0.3) is 0 Å². The van der Waals surface area contributed by atoms with E-state index in [9.17, 15) is 4.79 Å². The first-order valence-corrected chi connectivity index (χ1v) is 3.49. The first-order valence-electron chi connectivity index (χ1n) is 3.49. The van der Waals surface area contributed by atoms with Crippen molar-refractivity contribution in [2.24, 2.45) is 11.8 Å². The Hall–Kier alpha value is -0.790. The fourth-order valence-corrected chi connectivity index (χ4v) is 0.974. The molecule has 0 amide bonds. The molecule has 0 aromatic heterocycles. The molecule has 0 N–H and O–H groups in total. The molecule has 10 heavy (non-hydrogen) atoms. The van der Waals surface area contributed by atoms with Gasteiger partial charge < -0.3 is 4.74 Å². The van der Waals surface area contributed by atoms with Crippen molar-refractivity contribution in [1.82, 2.24) is 0 Å². The largest absolute Gasteiger partial charge is 0.462 e. The molecule has 1 saturated heterocycles. The highest BCUT2D eigenvalue weighted by molar-refractivity contribution is 5.88. The third kappa shape index (κ3) is 1.06. The number of esters is 1. The fraction of sp³-hybridized carbons (Fsp3) is 0.625. The average Bonchev–Trinajstić information content (AvgIpc) is 1.93. The van der Waals surface area contributed by atoms with Crippen LogP contribution in [-0.2, 0) is 9.53 Å². The van der Waals surface area contributed by atoms with E-state index in [2.05, 4.69) is 13.5 Å². The molecule has 0 bridgehead atoms. The van der Waals surface area contributed by atoms with E-state index < -0.39 is 0 Å². The third-order valence-corrected chi connectivity index (χ3v) is 2.14. The van der Waals surface area contributed by atoms with E-state index in [1.807, 2.05) is 6.92 Å². The maximum absolute atomic E-state index is 10.8. The second-order valence-electron chi connectivity index (χ2n) is 2.89. The molecular weight excluding hydrogens is 128 g/mol. The van der Waals surface area contributed by atoms with E-state index in [1.165, 1.54) is 0 Å². The summed E-state index contributed by atoms with van der Waals surface area (Å²) in [6.07, 6.45) is 0. The van der Waals surface area contributed by atoms with E-state index in [-0.39, 0.29) is 11.9 Å². The van der Waals surface area contributed by atoms with Crippen LogP contribution in [0.5, 0.6) is 0 Å². The molecule has 2 unspecified atom stereocenters. The van der Waals surface area contributed by atoms with Crippen molar-refractivity contribution in [3.05, 3.63) is 12.2 Å². The quantitative estimate of drug-likeness (QED) is 0.375. The van der Waals surface area contributed by atoms with Crippen molar-refractivity contribution in [2.45, 2.75) is 13.8 Å². The lowest BCUT2D eigenvalue weighted by atomic mass is 9.88. The number of hydrogen-bond donors (Lipinski definition) is 0. The molecule has 0 saturated carbocycles. The Morgan fingerprint density at radius 3 is 2.70 bits per heavy atom. The molecule has 1 heterocycles. The normalized spacial score (nSPS) is 33.8. The predicted molar refractivity (Wildman–Crippen MR) is 38.4 cm³/mol. The van der Waals surface area contributed by atoms with Crippen molar-refractivity contribution in [3.8, 4) is 0 Å². The van der Waals surface area contributed by atoms with Crippen molar-refractivity contribution in [2.75, 3.05) is 6.61 Å². The van der Waals surface area contributed by atoms with Gasteiger partial charge in [-0.3, -0.25) is 0 Å². The molecular formula is C8H12O2. The minimum atomic E-state index is -0.231. The highest BCUT2D eigenvalue weighted by atomic mass is 16.5. The lowest BCUT2D eigenvalue weighted by molar-refractivity contribution is -0.144. The van der Waals surface area contributed by atoms with Crippen LogP contribution in [0.1, 0.15) is 13.8 Å². The van der Waals surface area contributed by atoms with Gasteiger partial charge in [0.15, 0.2) is 0 Å². The first-order chi connectivity index (χ1) is 4.63. The van der Waals surface area contributed by atoms with Crippen LogP contribution in [0.3, 0.4) is 0 Å². The second-order valence-corrected chi connectivity index (χ2v) is 2.89. The molecule has 1 aliphatic rings. The SMILES string of the molecule is C=C1C(=O)OCC(C)C1C. The summed E-state index contributed by atoms with van der Waals surface area (Å²) in [4.78, 5) is 10.8. The van der Waals surface area contributed by atoms with Gasteiger partial charge in [0.2, 0.25) is 0 Å². The van der Waals surface area contributed by atoms with Crippen molar-refractivity contribution in [3.63, 3.8) is 0 Å². The summed E-state index contributed by atoms with van der Waals surface area (Å²) in [5.74, 6) is 0.469. The van der Waals surface area contributed by atoms with Gasteiger partial charge in [0.05, 0.1) is 6.61 Å². The highest BCUT2D eigenvalue weighted by Gasteiger charge is 2.27. The number of carbonyl (C=O) groups excluding carboxylic acids is 1. The predicted octanol–water partition coefficient (Wildman–Crippen LogP) is 1.37. The monoisotopic (exact) mass is 140 g/mol. The van der Waals surface area contributed by atoms with Crippen LogP contribution >= 0.6 is 0 Å². The van der Waals surface area contributed by atoms with E-state index in [0.717, 1.165) is 0 Å². The van der Waals surface area contributed by atoms with Gasteiger partial charge in [-0.05, 0) is 11.8 Å². The Morgan fingerprint density at radius 2 is 2.20 bits per heavy atom. The zero-order valence-electron chi connectivity index (χ0n) is 6.39. The van der Waals surface area contributed by atoms with Gasteiger partial charge in [0, 0.05) is 5.57 Å².